The lowest BCUT2D eigenvalue weighted by atomic mass is 10.1. The molecule has 0 fully saturated rings. The van der Waals surface area contributed by atoms with Crippen molar-refractivity contribution in [2.24, 2.45) is 12.8 Å². The summed E-state index contributed by atoms with van der Waals surface area (Å²) < 4.78 is 2.96. The second kappa shape index (κ2) is 5.02. The van der Waals surface area contributed by atoms with Crippen molar-refractivity contribution in [1.29, 1.82) is 0 Å². The van der Waals surface area contributed by atoms with Crippen LogP contribution in [0.5, 0.6) is 0 Å². The molecule has 2 rings (SSSR count). The Bertz CT molecular complexity index is 531. The highest BCUT2D eigenvalue weighted by molar-refractivity contribution is 9.10. The van der Waals surface area contributed by atoms with Gasteiger partial charge < -0.3 is 5.73 Å². The summed E-state index contributed by atoms with van der Waals surface area (Å²) in [7, 11) is 1.96. The average molecular weight is 294 g/mol. The summed E-state index contributed by atoms with van der Waals surface area (Å²) in [6, 6.07) is 8.26. The van der Waals surface area contributed by atoms with Crippen molar-refractivity contribution in [1.82, 2.24) is 9.78 Å². The maximum Gasteiger partial charge on any atom is 0.107 e. The van der Waals surface area contributed by atoms with Crippen molar-refractivity contribution >= 4 is 15.9 Å². The van der Waals surface area contributed by atoms with Gasteiger partial charge in [-0.3, -0.25) is 4.68 Å². The number of nitrogens with zero attached hydrogens (tertiary/aromatic N) is 2. The molecule has 0 atom stereocenters. The van der Waals surface area contributed by atoms with Crippen molar-refractivity contribution in [2.45, 2.75) is 13.3 Å². The topological polar surface area (TPSA) is 43.8 Å². The molecule has 0 saturated carbocycles. The molecule has 0 unspecified atom stereocenters. The third-order valence-electron chi connectivity index (χ3n) is 2.88. The third kappa shape index (κ3) is 2.28. The summed E-state index contributed by atoms with van der Waals surface area (Å²) >= 11 is 3.64. The molecule has 0 amide bonds. The number of hydrogen-bond donors (Lipinski definition) is 1. The third-order valence-corrected chi connectivity index (χ3v) is 3.72. The Balaban J connectivity index is 2.54. The lowest BCUT2D eigenvalue weighted by Crippen LogP contribution is -2.07. The van der Waals surface area contributed by atoms with E-state index in [0.717, 1.165) is 22.3 Å². The number of aromatic nitrogens is 2. The predicted molar refractivity (Wildman–Crippen MR) is 73.8 cm³/mol. The Hall–Kier alpha value is -1.13. The predicted octanol–water partition coefficient (Wildman–Crippen LogP) is 2.66. The fraction of sp³-hybridized carbons (Fsp3) is 0.308. The normalized spacial score (nSPS) is 10.8. The van der Waals surface area contributed by atoms with Crippen LogP contribution >= 0.6 is 15.9 Å². The standard InChI is InChI=1S/C13H16BrN3/c1-9-5-3-4-6-10(9)13-12(14)11(7-8-15)17(2)16-13/h3-6H,7-8,15H2,1-2H3. The highest BCUT2D eigenvalue weighted by Gasteiger charge is 2.15. The van der Waals surface area contributed by atoms with E-state index in [9.17, 15) is 0 Å². The molecule has 0 aliphatic heterocycles. The molecule has 4 heteroatoms. The molecule has 3 nitrogen and oxygen atoms in total. The fourth-order valence-electron chi connectivity index (χ4n) is 1.95. The summed E-state index contributed by atoms with van der Waals surface area (Å²) in [5, 5.41) is 4.57. The summed E-state index contributed by atoms with van der Waals surface area (Å²) in [5.74, 6) is 0. The molecule has 0 aliphatic carbocycles. The zero-order valence-electron chi connectivity index (χ0n) is 10.1. The van der Waals surface area contributed by atoms with E-state index in [1.54, 1.807) is 0 Å². The summed E-state index contributed by atoms with van der Waals surface area (Å²) in [6.07, 6.45) is 0.829. The van der Waals surface area contributed by atoms with E-state index in [2.05, 4.69) is 40.1 Å². The second-order valence-electron chi connectivity index (χ2n) is 4.09. The molecule has 0 aliphatic rings. The van der Waals surface area contributed by atoms with E-state index in [1.807, 2.05) is 23.9 Å². The van der Waals surface area contributed by atoms with Crippen LogP contribution in [0, 0.1) is 6.92 Å². The molecule has 1 heterocycles. The van der Waals surface area contributed by atoms with Crippen LogP contribution in [0.4, 0.5) is 0 Å². The minimum absolute atomic E-state index is 0.630. The Labute approximate surface area is 110 Å². The molecule has 0 saturated heterocycles. The molecule has 1 aromatic heterocycles. The zero-order chi connectivity index (χ0) is 12.4. The van der Waals surface area contributed by atoms with Gasteiger partial charge in [-0.15, -0.1) is 0 Å². The first-order valence-electron chi connectivity index (χ1n) is 5.62. The minimum atomic E-state index is 0.630. The van der Waals surface area contributed by atoms with Gasteiger partial charge in [-0.25, -0.2) is 0 Å². The van der Waals surface area contributed by atoms with Gasteiger partial charge >= 0.3 is 0 Å². The fourth-order valence-corrected chi connectivity index (χ4v) is 2.70. The van der Waals surface area contributed by atoms with Gasteiger partial charge in [0.1, 0.15) is 5.69 Å². The monoisotopic (exact) mass is 293 g/mol. The van der Waals surface area contributed by atoms with E-state index >= 15 is 0 Å². The van der Waals surface area contributed by atoms with Crippen LogP contribution in [0.2, 0.25) is 0 Å². The number of nitrogens with two attached hydrogens (primary N) is 1. The summed E-state index contributed by atoms with van der Waals surface area (Å²) in [6.45, 7) is 2.73. The first-order chi connectivity index (χ1) is 8.15. The zero-order valence-corrected chi connectivity index (χ0v) is 11.7. The Kier molecular flexibility index (Phi) is 3.64. The maximum absolute atomic E-state index is 5.61. The van der Waals surface area contributed by atoms with E-state index in [0.29, 0.717) is 6.54 Å². The van der Waals surface area contributed by atoms with Gasteiger partial charge in [-0.1, -0.05) is 24.3 Å². The van der Waals surface area contributed by atoms with E-state index in [4.69, 9.17) is 5.73 Å². The van der Waals surface area contributed by atoms with Gasteiger partial charge in [0.15, 0.2) is 0 Å². The highest BCUT2D eigenvalue weighted by atomic mass is 79.9. The largest absolute Gasteiger partial charge is 0.330 e. The van der Waals surface area contributed by atoms with Gasteiger partial charge in [0.05, 0.1) is 10.2 Å². The Morgan fingerprint density at radius 2 is 2.06 bits per heavy atom. The molecule has 2 aromatic rings. The smallest absolute Gasteiger partial charge is 0.107 e. The molecule has 0 spiro atoms. The maximum atomic E-state index is 5.61. The van der Waals surface area contributed by atoms with Gasteiger partial charge in [0.25, 0.3) is 0 Å². The molecule has 2 N–H and O–H groups in total. The van der Waals surface area contributed by atoms with Gasteiger partial charge in [-0.2, -0.15) is 5.10 Å². The van der Waals surface area contributed by atoms with E-state index < -0.39 is 0 Å². The quantitative estimate of drug-likeness (QED) is 0.945. The van der Waals surface area contributed by atoms with Crippen molar-refractivity contribution < 1.29 is 0 Å². The Morgan fingerprint density at radius 3 is 2.71 bits per heavy atom. The molecule has 90 valence electrons. The van der Waals surface area contributed by atoms with Crippen LogP contribution in [0.3, 0.4) is 0 Å². The van der Waals surface area contributed by atoms with Crippen molar-refractivity contribution in [3.05, 3.63) is 40.0 Å². The number of aryl methyl sites for hydroxylation is 2. The SMILES string of the molecule is Cc1ccccc1-c1nn(C)c(CCN)c1Br. The highest BCUT2D eigenvalue weighted by Crippen LogP contribution is 2.31. The molecule has 0 bridgehead atoms. The van der Waals surface area contributed by atoms with Crippen LogP contribution in [-0.2, 0) is 13.5 Å². The van der Waals surface area contributed by atoms with Crippen LogP contribution in [0.15, 0.2) is 28.7 Å². The van der Waals surface area contributed by atoms with Crippen molar-refractivity contribution in [2.75, 3.05) is 6.54 Å². The van der Waals surface area contributed by atoms with E-state index in [-0.39, 0.29) is 0 Å². The van der Waals surface area contributed by atoms with Crippen molar-refractivity contribution in [3.63, 3.8) is 0 Å². The molecule has 0 radical (unpaired) electrons. The molecule has 1 aromatic carbocycles. The van der Waals surface area contributed by atoms with Gasteiger partial charge in [-0.05, 0) is 35.0 Å². The number of halogens is 1. The Morgan fingerprint density at radius 1 is 1.35 bits per heavy atom. The van der Waals surface area contributed by atoms with Gasteiger partial charge in [0, 0.05) is 19.0 Å². The van der Waals surface area contributed by atoms with Gasteiger partial charge in [0.2, 0.25) is 0 Å². The first-order valence-corrected chi connectivity index (χ1v) is 6.42. The van der Waals surface area contributed by atoms with Crippen LogP contribution in [-0.4, -0.2) is 16.3 Å². The minimum Gasteiger partial charge on any atom is -0.330 e. The number of benzene rings is 1. The average Bonchev–Trinajstić information content (AvgIpc) is 2.58. The van der Waals surface area contributed by atoms with Crippen LogP contribution in [0.25, 0.3) is 11.3 Å². The van der Waals surface area contributed by atoms with Crippen LogP contribution < -0.4 is 5.73 Å². The lowest BCUT2D eigenvalue weighted by Gasteiger charge is -2.02. The number of rotatable bonds is 3. The first kappa shape index (κ1) is 12.3. The summed E-state index contributed by atoms with van der Waals surface area (Å²) in [4.78, 5) is 0. The molecular weight excluding hydrogens is 278 g/mol. The summed E-state index contributed by atoms with van der Waals surface area (Å²) in [5.41, 5.74) is 10.1. The van der Waals surface area contributed by atoms with Crippen LogP contribution in [0.1, 0.15) is 11.3 Å². The second-order valence-corrected chi connectivity index (χ2v) is 4.88. The molecular formula is C13H16BrN3. The molecule has 17 heavy (non-hydrogen) atoms. The lowest BCUT2D eigenvalue weighted by molar-refractivity contribution is 0.707. The number of hydrogen-bond acceptors (Lipinski definition) is 2. The van der Waals surface area contributed by atoms with Crippen molar-refractivity contribution in [3.8, 4) is 11.3 Å². The van der Waals surface area contributed by atoms with E-state index in [1.165, 1.54) is 11.1 Å².